The molecule has 0 saturated heterocycles. The fraction of sp³-hybridized carbons (Fsp3) is 0. The van der Waals surface area contributed by atoms with E-state index in [1.807, 2.05) is 5.32 Å². The van der Waals surface area contributed by atoms with Crippen molar-refractivity contribution in [3.05, 3.63) is 60.9 Å². The maximum absolute atomic E-state index is 12.2. The number of carbonyl (C=O) groups excluding carboxylic acids is 2. The van der Waals surface area contributed by atoms with Gasteiger partial charge in [0.2, 0.25) is 0 Å². The number of nitrogens with zero attached hydrogens (tertiary/aromatic N) is 2. The topological polar surface area (TPSA) is 137 Å². The molecule has 2 heterocycles. The number of imide groups is 1. The van der Waals surface area contributed by atoms with E-state index >= 15 is 0 Å². The quantitative estimate of drug-likeness (QED) is 0.474. The molecule has 1 aliphatic rings. The normalized spacial score (nSPS) is 12.9. The summed E-state index contributed by atoms with van der Waals surface area (Å²) in [4.78, 5) is 45.8. The number of halogens is 1. The summed E-state index contributed by atoms with van der Waals surface area (Å²) in [5, 5.41) is 12.9. The second kappa shape index (κ2) is 4.92. The number of anilines is 1. The van der Waals surface area contributed by atoms with Crippen molar-refractivity contribution < 1.29 is 14.5 Å². The molecule has 116 valence electrons. The minimum Gasteiger partial charge on any atom is -0.384 e. The first kappa shape index (κ1) is 14.7. The zero-order valence-corrected chi connectivity index (χ0v) is 12.0. The van der Waals surface area contributed by atoms with E-state index in [1.54, 1.807) is 0 Å². The third kappa shape index (κ3) is 2.14. The molecule has 10 heteroatoms. The lowest BCUT2D eigenvalue weighted by Gasteiger charge is -2.11. The number of fused-ring (bicyclic) bond motifs is 1. The third-order valence-corrected chi connectivity index (χ3v) is 3.66. The van der Waals surface area contributed by atoms with Crippen LogP contribution in [0.4, 0.5) is 11.5 Å². The first-order valence-corrected chi connectivity index (χ1v) is 6.54. The maximum atomic E-state index is 12.2. The second-order valence-corrected chi connectivity index (χ2v) is 5.08. The van der Waals surface area contributed by atoms with Crippen molar-refractivity contribution in [3.63, 3.8) is 0 Å². The van der Waals surface area contributed by atoms with Gasteiger partial charge in [-0.15, -0.1) is 0 Å². The molecule has 0 saturated carbocycles. The van der Waals surface area contributed by atoms with E-state index in [1.165, 1.54) is 12.1 Å². The highest BCUT2D eigenvalue weighted by Gasteiger charge is 2.32. The van der Waals surface area contributed by atoms with Gasteiger partial charge in [0.25, 0.3) is 23.1 Å². The average Bonchev–Trinajstić information content (AvgIpc) is 2.75. The number of amides is 2. The fourth-order valence-corrected chi connectivity index (χ4v) is 2.51. The van der Waals surface area contributed by atoms with E-state index in [9.17, 15) is 24.5 Å². The van der Waals surface area contributed by atoms with Gasteiger partial charge in [-0.05, 0) is 12.1 Å². The Bertz CT molecular complexity index is 966. The first-order valence-electron chi connectivity index (χ1n) is 6.16. The van der Waals surface area contributed by atoms with Gasteiger partial charge < -0.3 is 5.73 Å². The summed E-state index contributed by atoms with van der Waals surface area (Å²) in [5.74, 6) is -1.74. The van der Waals surface area contributed by atoms with Crippen molar-refractivity contribution >= 4 is 34.9 Å². The van der Waals surface area contributed by atoms with E-state index < -0.39 is 28.0 Å². The molecule has 0 atom stereocenters. The lowest BCUT2D eigenvalue weighted by atomic mass is 10.1. The molecule has 3 N–H and O–H groups in total. The molecule has 9 nitrogen and oxygen atoms in total. The fourth-order valence-electron chi connectivity index (χ4n) is 2.33. The molecule has 0 unspecified atom stereocenters. The van der Waals surface area contributed by atoms with Gasteiger partial charge >= 0.3 is 0 Å². The average molecular weight is 335 g/mol. The summed E-state index contributed by atoms with van der Waals surface area (Å²) in [6.45, 7) is 0. The van der Waals surface area contributed by atoms with E-state index in [0.717, 1.165) is 16.7 Å². The molecule has 0 radical (unpaired) electrons. The Morgan fingerprint density at radius 1 is 1.17 bits per heavy atom. The van der Waals surface area contributed by atoms with Crippen LogP contribution in [-0.4, -0.2) is 21.3 Å². The van der Waals surface area contributed by atoms with Crippen molar-refractivity contribution in [1.29, 1.82) is 0 Å². The number of pyridine rings is 1. The van der Waals surface area contributed by atoms with Gasteiger partial charge in [-0.3, -0.25) is 34.4 Å². The SMILES string of the molecule is Nc1c2c(cc(=O)n1-c1ccc(Cl)c([N+](=O)[O-])c1)C(=O)NC2=O. The lowest BCUT2D eigenvalue weighted by Crippen LogP contribution is -2.24. The Kier molecular flexibility index (Phi) is 3.15. The van der Waals surface area contributed by atoms with Crippen LogP contribution in [0.1, 0.15) is 20.7 Å². The summed E-state index contributed by atoms with van der Waals surface area (Å²) < 4.78 is 0.903. The molecule has 0 fully saturated rings. The third-order valence-electron chi connectivity index (χ3n) is 3.34. The van der Waals surface area contributed by atoms with E-state index in [0.29, 0.717) is 0 Å². The molecular formula is C13H7ClN4O5. The highest BCUT2D eigenvalue weighted by Crippen LogP contribution is 2.28. The van der Waals surface area contributed by atoms with Gasteiger partial charge in [0, 0.05) is 12.1 Å². The number of aromatic nitrogens is 1. The molecule has 0 bridgehead atoms. The zero-order chi connectivity index (χ0) is 16.9. The van der Waals surface area contributed by atoms with Crippen LogP contribution in [0, 0.1) is 10.1 Å². The van der Waals surface area contributed by atoms with E-state index in [-0.39, 0.29) is 27.7 Å². The monoisotopic (exact) mass is 334 g/mol. The summed E-state index contributed by atoms with van der Waals surface area (Å²) in [7, 11) is 0. The zero-order valence-electron chi connectivity index (χ0n) is 11.2. The predicted octanol–water partition coefficient (Wildman–Crippen LogP) is 0.865. The molecule has 2 aromatic rings. The van der Waals surface area contributed by atoms with Crippen LogP contribution >= 0.6 is 11.6 Å². The van der Waals surface area contributed by atoms with Crippen LogP contribution in [0.15, 0.2) is 29.1 Å². The molecule has 1 aromatic carbocycles. The van der Waals surface area contributed by atoms with Crippen molar-refractivity contribution in [2.24, 2.45) is 0 Å². The van der Waals surface area contributed by atoms with Gasteiger partial charge in [0.05, 0.1) is 21.7 Å². The van der Waals surface area contributed by atoms with Crippen molar-refractivity contribution in [2.75, 3.05) is 5.73 Å². The van der Waals surface area contributed by atoms with Crippen LogP contribution < -0.4 is 16.6 Å². The Balaban J connectivity index is 2.31. The number of carbonyl (C=O) groups is 2. The number of nitro groups is 1. The van der Waals surface area contributed by atoms with Gasteiger partial charge in [0.15, 0.2) is 0 Å². The molecule has 0 aliphatic carbocycles. The Labute approximate surface area is 132 Å². The van der Waals surface area contributed by atoms with Crippen LogP contribution in [-0.2, 0) is 0 Å². The maximum Gasteiger partial charge on any atom is 0.289 e. The second-order valence-electron chi connectivity index (χ2n) is 4.67. The molecule has 2 amide bonds. The first-order chi connectivity index (χ1) is 10.8. The molecule has 1 aliphatic heterocycles. The Hall–Kier alpha value is -3.20. The Morgan fingerprint density at radius 2 is 1.87 bits per heavy atom. The molecule has 0 spiro atoms. The van der Waals surface area contributed by atoms with Crippen molar-refractivity contribution in [2.45, 2.75) is 0 Å². The van der Waals surface area contributed by atoms with Crippen molar-refractivity contribution in [1.82, 2.24) is 9.88 Å². The smallest absolute Gasteiger partial charge is 0.289 e. The summed E-state index contributed by atoms with van der Waals surface area (Å²) in [6.07, 6.45) is 0. The standard InChI is InChI=1S/C13H7ClN4O5/c14-7-2-1-5(3-8(7)18(22)23)17-9(19)4-6-10(11(17)15)13(21)16-12(6)20/h1-4H,15H2,(H,16,20,21). The highest BCUT2D eigenvalue weighted by molar-refractivity contribution is 6.32. The molecule has 3 rings (SSSR count). The highest BCUT2D eigenvalue weighted by atomic mass is 35.5. The minimum absolute atomic E-state index is 0.0542. The van der Waals surface area contributed by atoms with Crippen LogP contribution in [0.2, 0.25) is 5.02 Å². The lowest BCUT2D eigenvalue weighted by molar-refractivity contribution is -0.384. The van der Waals surface area contributed by atoms with E-state index in [2.05, 4.69) is 0 Å². The molecular weight excluding hydrogens is 328 g/mol. The summed E-state index contributed by atoms with van der Waals surface area (Å²) >= 11 is 5.73. The molecule has 23 heavy (non-hydrogen) atoms. The number of nitrogens with one attached hydrogen (secondary N) is 1. The summed E-state index contributed by atoms with van der Waals surface area (Å²) in [5.41, 5.74) is 4.49. The van der Waals surface area contributed by atoms with Crippen LogP contribution in [0.5, 0.6) is 0 Å². The van der Waals surface area contributed by atoms with Gasteiger partial charge in [-0.25, -0.2) is 0 Å². The number of nitrogens with two attached hydrogens (primary N) is 1. The van der Waals surface area contributed by atoms with Crippen LogP contribution in [0.3, 0.4) is 0 Å². The summed E-state index contributed by atoms with van der Waals surface area (Å²) in [6, 6.07) is 4.58. The molecule has 1 aromatic heterocycles. The number of nitrogen functional groups attached to an aromatic ring is 1. The van der Waals surface area contributed by atoms with Crippen LogP contribution in [0.25, 0.3) is 5.69 Å². The van der Waals surface area contributed by atoms with E-state index in [4.69, 9.17) is 17.3 Å². The predicted molar refractivity (Wildman–Crippen MR) is 79.9 cm³/mol. The largest absolute Gasteiger partial charge is 0.384 e. The van der Waals surface area contributed by atoms with Crippen molar-refractivity contribution in [3.8, 4) is 5.69 Å². The minimum atomic E-state index is -0.736. The number of nitro benzene ring substituents is 1. The number of rotatable bonds is 2. The van der Waals surface area contributed by atoms with Gasteiger partial charge in [0.1, 0.15) is 10.8 Å². The Morgan fingerprint density at radius 3 is 2.52 bits per heavy atom. The number of benzene rings is 1. The van der Waals surface area contributed by atoms with Gasteiger partial charge in [-0.2, -0.15) is 0 Å². The number of hydrogen-bond acceptors (Lipinski definition) is 6. The number of hydrogen-bond donors (Lipinski definition) is 2. The van der Waals surface area contributed by atoms with Gasteiger partial charge in [-0.1, -0.05) is 11.6 Å².